The smallest absolute Gasteiger partial charge is 0.339 e. The highest BCUT2D eigenvalue weighted by atomic mass is 16.5. The van der Waals surface area contributed by atoms with Gasteiger partial charge in [-0.05, 0) is 37.3 Å². The first kappa shape index (κ1) is 14.9. The molecule has 0 aliphatic heterocycles. The fraction of sp³-hybridized carbons (Fsp3) is 0.588. The van der Waals surface area contributed by atoms with Gasteiger partial charge in [0.2, 0.25) is 0 Å². The number of hydrogen-bond donors (Lipinski definition) is 1. The Morgan fingerprint density at radius 3 is 2.80 bits per heavy atom. The standard InChI is InChI=1S/C17H25NO2/c1-3-13-7-6-8-14(12-11-13)18-16-10-5-4-9-15(16)17(19)20-2/h4-5,9-10,13-14,18H,3,6-8,11-12H2,1-2H3. The molecule has 2 unspecified atom stereocenters. The summed E-state index contributed by atoms with van der Waals surface area (Å²) >= 11 is 0. The van der Waals surface area contributed by atoms with Crippen LogP contribution in [-0.2, 0) is 4.74 Å². The molecule has 1 aliphatic carbocycles. The van der Waals surface area contributed by atoms with Crippen LogP contribution in [-0.4, -0.2) is 19.1 Å². The second kappa shape index (κ2) is 7.32. The highest BCUT2D eigenvalue weighted by Crippen LogP contribution is 2.28. The molecule has 0 radical (unpaired) electrons. The Hall–Kier alpha value is -1.51. The summed E-state index contributed by atoms with van der Waals surface area (Å²) in [7, 11) is 1.43. The average Bonchev–Trinajstić information content (AvgIpc) is 2.72. The van der Waals surface area contributed by atoms with Crippen molar-refractivity contribution in [3.8, 4) is 0 Å². The van der Waals surface area contributed by atoms with Gasteiger partial charge in [0.1, 0.15) is 0 Å². The van der Waals surface area contributed by atoms with E-state index in [4.69, 9.17) is 4.74 Å². The number of rotatable bonds is 4. The molecule has 3 heteroatoms. The van der Waals surface area contributed by atoms with Gasteiger partial charge in [0.25, 0.3) is 0 Å². The van der Waals surface area contributed by atoms with Gasteiger partial charge in [-0.15, -0.1) is 0 Å². The van der Waals surface area contributed by atoms with Gasteiger partial charge in [-0.25, -0.2) is 4.79 Å². The Kier molecular flexibility index (Phi) is 5.45. The fourth-order valence-corrected chi connectivity index (χ4v) is 3.05. The zero-order valence-electron chi connectivity index (χ0n) is 12.5. The van der Waals surface area contributed by atoms with E-state index in [-0.39, 0.29) is 5.97 Å². The molecule has 1 aliphatic rings. The largest absolute Gasteiger partial charge is 0.465 e. The second-order valence-corrected chi connectivity index (χ2v) is 5.66. The van der Waals surface area contributed by atoms with Crippen LogP contribution in [0.1, 0.15) is 55.8 Å². The summed E-state index contributed by atoms with van der Waals surface area (Å²) < 4.78 is 4.85. The van der Waals surface area contributed by atoms with Crippen LogP contribution in [0.4, 0.5) is 5.69 Å². The zero-order chi connectivity index (χ0) is 14.4. The maximum Gasteiger partial charge on any atom is 0.339 e. The van der Waals surface area contributed by atoms with Crippen LogP contribution < -0.4 is 5.32 Å². The molecule has 110 valence electrons. The molecular weight excluding hydrogens is 250 g/mol. The number of esters is 1. The Labute approximate surface area is 121 Å². The molecule has 1 N–H and O–H groups in total. The third-order valence-corrected chi connectivity index (χ3v) is 4.36. The minimum absolute atomic E-state index is 0.270. The normalized spacial score (nSPS) is 22.9. The van der Waals surface area contributed by atoms with Gasteiger partial charge in [-0.1, -0.05) is 38.3 Å². The molecule has 1 saturated carbocycles. The maximum absolute atomic E-state index is 11.8. The maximum atomic E-state index is 11.8. The predicted octanol–water partition coefficient (Wildman–Crippen LogP) is 4.24. The highest BCUT2D eigenvalue weighted by molar-refractivity contribution is 5.95. The highest BCUT2D eigenvalue weighted by Gasteiger charge is 2.19. The number of hydrogen-bond acceptors (Lipinski definition) is 3. The first-order valence-corrected chi connectivity index (χ1v) is 7.68. The van der Waals surface area contributed by atoms with Crippen LogP contribution in [0.2, 0.25) is 0 Å². The molecule has 1 aromatic rings. The van der Waals surface area contributed by atoms with Crippen molar-refractivity contribution in [2.24, 2.45) is 5.92 Å². The van der Waals surface area contributed by atoms with Gasteiger partial charge in [0.05, 0.1) is 12.7 Å². The lowest BCUT2D eigenvalue weighted by Crippen LogP contribution is -2.20. The van der Waals surface area contributed by atoms with Crippen molar-refractivity contribution in [1.29, 1.82) is 0 Å². The molecule has 0 aromatic heterocycles. The van der Waals surface area contributed by atoms with Crippen LogP contribution in [0.3, 0.4) is 0 Å². The van der Waals surface area contributed by atoms with E-state index < -0.39 is 0 Å². The van der Waals surface area contributed by atoms with Crippen molar-refractivity contribution in [3.63, 3.8) is 0 Å². The van der Waals surface area contributed by atoms with Crippen molar-refractivity contribution in [2.45, 2.75) is 51.5 Å². The van der Waals surface area contributed by atoms with Crippen molar-refractivity contribution < 1.29 is 9.53 Å². The van der Waals surface area contributed by atoms with Crippen molar-refractivity contribution >= 4 is 11.7 Å². The van der Waals surface area contributed by atoms with Gasteiger partial charge in [-0.3, -0.25) is 0 Å². The first-order valence-electron chi connectivity index (χ1n) is 7.68. The molecule has 0 saturated heterocycles. The Balaban J connectivity index is 2.04. The summed E-state index contributed by atoms with van der Waals surface area (Å²) in [5.41, 5.74) is 1.53. The third kappa shape index (κ3) is 3.75. The third-order valence-electron chi connectivity index (χ3n) is 4.36. The van der Waals surface area contributed by atoms with E-state index in [0.29, 0.717) is 11.6 Å². The zero-order valence-corrected chi connectivity index (χ0v) is 12.5. The molecule has 3 nitrogen and oxygen atoms in total. The summed E-state index contributed by atoms with van der Waals surface area (Å²) in [6, 6.07) is 8.09. The van der Waals surface area contributed by atoms with E-state index in [2.05, 4.69) is 12.2 Å². The number of ether oxygens (including phenoxy) is 1. The van der Waals surface area contributed by atoms with Gasteiger partial charge in [0, 0.05) is 11.7 Å². The Bertz CT molecular complexity index is 444. The van der Waals surface area contributed by atoms with Gasteiger partial charge >= 0.3 is 5.97 Å². The average molecular weight is 275 g/mol. The van der Waals surface area contributed by atoms with E-state index in [1.165, 1.54) is 45.6 Å². The number of benzene rings is 1. The van der Waals surface area contributed by atoms with Crippen LogP contribution in [0.25, 0.3) is 0 Å². The monoisotopic (exact) mass is 275 g/mol. The van der Waals surface area contributed by atoms with Crippen molar-refractivity contribution in [1.82, 2.24) is 0 Å². The van der Waals surface area contributed by atoms with Crippen LogP contribution in [0.5, 0.6) is 0 Å². The molecule has 0 bridgehead atoms. The minimum Gasteiger partial charge on any atom is -0.465 e. The topological polar surface area (TPSA) is 38.3 Å². The van der Waals surface area contributed by atoms with E-state index in [9.17, 15) is 4.79 Å². The molecule has 1 fully saturated rings. The molecule has 0 amide bonds. The summed E-state index contributed by atoms with van der Waals surface area (Å²) in [5, 5.41) is 3.55. The number of methoxy groups -OCH3 is 1. The summed E-state index contributed by atoms with van der Waals surface area (Å²) in [6.07, 6.45) is 7.56. The lowest BCUT2D eigenvalue weighted by Gasteiger charge is -2.19. The lowest BCUT2D eigenvalue weighted by atomic mass is 9.98. The van der Waals surface area contributed by atoms with E-state index in [0.717, 1.165) is 11.6 Å². The van der Waals surface area contributed by atoms with E-state index in [1.807, 2.05) is 24.3 Å². The summed E-state index contributed by atoms with van der Waals surface area (Å²) in [6.45, 7) is 2.28. The number of para-hydroxylation sites is 1. The Morgan fingerprint density at radius 1 is 1.25 bits per heavy atom. The van der Waals surface area contributed by atoms with Gasteiger partial charge in [0.15, 0.2) is 0 Å². The molecular formula is C17H25NO2. The van der Waals surface area contributed by atoms with Gasteiger partial charge < -0.3 is 10.1 Å². The lowest BCUT2D eigenvalue weighted by molar-refractivity contribution is 0.0602. The quantitative estimate of drug-likeness (QED) is 0.659. The predicted molar refractivity (Wildman–Crippen MR) is 82.1 cm³/mol. The summed E-state index contributed by atoms with van der Waals surface area (Å²) in [5.74, 6) is 0.603. The van der Waals surface area contributed by atoms with E-state index >= 15 is 0 Å². The van der Waals surface area contributed by atoms with Gasteiger partial charge in [-0.2, -0.15) is 0 Å². The number of carbonyl (C=O) groups is 1. The second-order valence-electron chi connectivity index (χ2n) is 5.66. The number of carbonyl (C=O) groups excluding carboxylic acids is 1. The molecule has 2 rings (SSSR count). The van der Waals surface area contributed by atoms with Crippen LogP contribution in [0, 0.1) is 5.92 Å². The Morgan fingerprint density at radius 2 is 2.05 bits per heavy atom. The van der Waals surface area contributed by atoms with Crippen molar-refractivity contribution in [2.75, 3.05) is 12.4 Å². The molecule has 20 heavy (non-hydrogen) atoms. The number of anilines is 1. The SMILES string of the molecule is CCC1CCCC(Nc2ccccc2C(=O)OC)CC1. The minimum atomic E-state index is -0.270. The van der Waals surface area contributed by atoms with Crippen LogP contribution in [0.15, 0.2) is 24.3 Å². The summed E-state index contributed by atoms with van der Waals surface area (Å²) in [4.78, 5) is 11.8. The number of nitrogens with one attached hydrogen (secondary N) is 1. The van der Waals surface area contributed by atoms with Crippen LogP contribution >= 0.6 is 0 Å². The fourth-order valence-electron chi connectivity index (χ4n) is 3.05. The molecule has 1 aromatic carbocycles. The molecule has 2 atom stereocenters. The van der Waals surface area contributed by atoms with Crippen molar-refractivity contribution in [3.05, 3.63) is 29.8 Å². The molecule has 0 heterocycles. The first-order chi connectivity index (χ1) is 9.74. The van der Waals surface area contributed by atoms with E-state index in [1.54, 1.807) is 0 Å². The molecule has 0 spiro atoms.